The molecule has 3 atom stereocenters. The zero-order chi connectivity index (χ0) is 22.6. The first-order valence-electron chi connectivity index (χ1n) is 10.0. The zero-order valence-corrected chi connectivity index (χ0v) is 17.0. The molecule has 0 radical (unpaired) electrons. The highest BCUT2D eigenvalue weighted by atomic mass is 19.1. The van der Waals surface area contributed by atoms with Crippen molar-refractivity contribution in [2.24, 2.45) is 5.92 Å². The summed E-state index contributed by atoms with van der Waals surface area (Å²) < 4.78 is 12.9. The Morgan fingerprint density at radius 2 is 1.68 bits per heavy atom. The van der Waals surface area contributed by atoms with E-state index in [1.807, 2.05) is 30.3 Å². The molecule has 2 amide bonds. The van der Waals surface area contributed by atoms with Crippen molar-refractivity contribution in [3.8, 4) is 0 Å². The zero-order valence-electron chi connectivity index (χ0n) is 17.0. The minimum Gasteiger partial charge on any atom is -0.483 e. The van der Waals surface area contributed by atoms with Gasteiger partial charge in [0.25, 0.3) is 6.47 Å². The summed E-state index contributed by atoms with van der Waals surface area (Å²) in [6.45, 7) is 0.0554. The van der Waals surface area contributed by atoms with Crippen LogP contribution in [-0.2, 0) is 27.3 Å². The van der Waals surface area contributed by atoms with Gasteiger partial charge in [-0.15, -0.1) is 0 Å². The number of aliphatic hydroxyl groups is 1. The maximum absolute atomic E-state index is 12.9. The van der Waals surface area contributed by atoms with Crippen molar-refractivity contribution < 1.29 is 29.0 Å². The number of aliphatic hydroxyl groups excluding tert-OH is 1. The van der Waals surface area contributed by atoms with Gasteiger partial charge in [-0.2, -0.15) is 0 Å². The molecule has 0 spiro atoms. The van der Waals surface area contributed by atoms with Crippen LogP contribution in [0.3, 0.4) is 0 Å². The second-order valence-electron chi connectivity index (χ2n) is 7.34. The topological polar surface area (TPSA) is 116 Å². The number of carbonyl (C=O) groups excluding carboxylic acids is 2. The number of carboxylic acid groups (broad SMARTS) is 1. The number of carbonyl (C=O) groups is 3. The molecule has 1 aliphatic carbocycles. The Kier molecular flexibility index (Phi) is 9.64. The summed E-state index contributed by atoms with van der Waals surface area (Å²) in [5, 5.41) is 22.8. The van der Waals surface area contributed by atoms with Crippen LogP contribution in [0, 0.1) is 11.7 Å². The third-order valence-electron chi connectivity index (χ3n) is 5.11. The Labute approximate surface area is 180 Å². The maximum Gasteiger partial charge on any atom is 0.290 e. The molecule has 0 unspecified atom stereocenters. The molecule has 0 aliphatic heterocycles. The average molecular weight is 430 g/mol. The smallest absolute Gasteiger partial charge is 0.290 e. The van der Waals surface area contributed by atoms with Crippen LogP contribution in [-0.4, -0.2) is 40.6 Å². The summed E-state index contributed by atoms with van der Waals surface area (Å²) in [4.78, 5) is 32.9. The van der Waals surface area contributed by atoms with E-state index in [9.17, 15) is 19.1 Å². The summed E-state index contributed by atoms with van der Waals surface area (Å²) in [7, 11) is 0. The van der Waals surface area contributed by atoms with Gasteiger partial charge in [-0.05, 0) is 42.5 Å². The van der Waals surface area contributed by atoms with E-state index < -0.39 is 12.1 Å². The Morgan fingerprint density at radius 1 is 1.03 bits per heavy atom. The summed E-state index contributed by atoms with van der Waals surface area (Å²) in [5.41, 5.74) is 1.89. The summed E-state index contributed by atoms with van der Waals surface area (Å²) >= 11 is 0. The average Bonchev–Trinajstić information content (AvgIpc) is 3.13. The van der Waals surface area contributed by atoms with Crippen molar-refractivity contribution in [2.45, 2.75) is 44.4 Å². The molecule has 4 N–H and O–H groups in total. The number of rotatable bonds is 7. The molecular formula is C23H27FN2O5. The van der Waals surface area contributed by atoms with Crippen molar-refractivity contribution in [3.63, 3.8) is 0 Å². The van der Waals surface area contributed by atoms with Crippen LogP contribution < -0.4 is 10.6 Å². The van der Waals surface area contributed by atoms with Gasteiger partial charge < -0.3 is 20.8 Å². The van der Waals surface area contributed by atoms with Crippen LogP contribution in [0.2, 0.25) is 0 Å². The number of halogens is 1. The summed E-state index contributed by atoms with van der Waals surface area (Å²) in [6.07, 6.45) is 0.972. The van der Waals surface area contributed by atoms with Gasteiger partial charge in [0.2, 0.25) is 11.8 Å². The quantitative estimate of drug-likeness (QED) is 0.502. The van der Waals surface area contributed by atoms with Crippen molar-refractivity contribution in [1.29, 1.82) is 0 Å². The molecule has 2 aromatic rings. The van der Waals surface area contributed by atoms with Crippen molar-refractivity contribution >= 4 is 18.3 Å². The van der Waals surface area contributed by atoms with Crippen molar-refractivity contribution in [2.75, 3.05) is 0 Å². The van der Waals surface area contributed by atoms with Gasteiger partial charge >= 0.3 is 0 Å². The molecule has 7 nitrogen and oxygen atoms in total. The lowest BCUT2D eigenvalue weighted by atomic mass is 10.1. The Morgan fingerprint density at radius 3 is 2.32 bits per heavy atom. The largest absolute Gasteiger partial charge is 0.483 e. The first-order valence-corrected chi connectivity index (χ1v) is 10.0. The Hall–Kier alpha value is -3.26. The molecule has 0 heterocycles. The van der Waals surface area contributed by atoms with Gasteiger partial charge in [0, 0.05) is 18.9 Å². The first kappa shape index (κ1) is 24.0. The fourth-order valence-corrected chi connectivity index (χ4v) is 3.50. The fourth-order valence-electron chi connectivity index (χ4n) is 3.50. The van der Waals surface area contributed by atoms with Crippen molar-refractivity contribution in [1.82, 2.24) is 10.6 Å². The Bertz CT molecular complexity index is 845. The van der Waals surface area contributed by atoms with Crippen LogP contribution in [0.25, 0.3) is 0 Å². The number of amides is 2. The molecule has 31 heavy (non-hydrogen) atoms. The second-order valence-corrected chi connectivity index (χ2v) is 7.34. The lowest BCUT2D eigenvalue weighted by Crippen LogP contribution is -2.40. The molecule has 0 aromatic heterocycles. The van der Waals surface area contributed by atoms with Crippen LogP contribution in [0.4, 0.5) is 4.39 Å². The lowest BCUT2D eigenvalue weighted by Gasteiger charge is -2.16. The van der Waals surface area contributed by atoms with E-state index in [-0.39, 0.29) is 30.0 Å². The number of hydrogen-bond donors (Lipinski definition) is 4. The number of benzene rings is 2. The minimum absolute atomic E-state index is 0.125. The van der Waals surface area contributed by atoms with E-state index >= 15 is 0 Å². The molecule has 8 heteroatoms. The predicted octanol–water partition coefficient (Wildman–Crippen LogP) is 2.03. The SMILES string of the molecule is O=C(CCc1ccccc1)N[C@@H]1C[C@H](C(=O)NCc2ccc(F)cc2)C[C@H]1O.O=CO. The van der Waals surface area contributed by atoms with Gasteiger partial charge in [-0.1, -0.05) is 42.5 Å². The van der Waals surface area contributed by atoms with Crippen molar-refractivity contribution in [3.05, 3.63) is 71.5 Å². The standard InChI is InChI=1S/C22H25FN2O3.CH2O2/c23-18-9-6-16(7-10-18)14-24-22(28)17-12-19(20(26)13-17)25-21(27)11-8-15-4-2-1-3-5-15;2-1-3/h1-7,9-10,17,19-20,26H,8,11-14H2,(H,24,28)(H,25,27);1H,(H,2,3)/t17-,19+,20+;/m0./s1. The van der Waals surface area contributed by atoms with E-state index in [1.54, 1.807) is 12.1 Å². The molecule has 1 saturated carbocycles. The first-order chi connectivity index (χ1) is 14.9. The number of aryl methyl sites for hydroxylation is 1. The molecule has 1 fully saturated rings. The predicted molar refractivity (Wildman–Crippen MR) is 112 cm³/mol. The van der Waals surface area contributed by atoms with Crippen LogP contribution in [0.15, 0.2) is 54.6 Å². The molecule has 3 rings (SSSR count). The van der Waals surface area contributed by atoms with E-state index in [2.05, 4.69) is 10.6 Å². The van der Waals surface area contributed by atoms with E-state index in [4.69, 9.17) is 9.90 Å². The number of nitrogens with one attached hydrogen (secondary N) is 2. The van der Waals surface area contributed by atoms with Gasteiger partial charge in [-0.3, -0.25) is 14.4 Å². The van der Waals surface area contributed by atoms with Crippen LogP contribution in [0.1, 0.15) is 30.4 Å². The van der Waals surface area contributed by atoms with Gasteiger partial charge in [0.1, 0.15) is 5.82 Å². The van der Waals surface area contributed by atoms with Gasteiger partial charge in [0.05, 0.1) is 12.1 Å². The fraction of sp³-hybridized carbons (Fsp3) is 0.348. The molecule has 1 aliphatic rings. The highest BCUT2D eigenvalue weighted by Gasteiger charge is 2.37. The summed E-state index contributed by atoms with van der Waals surface area (Å²) in [6, 6.07) is 15.3. The monoisotopic (exact) mass is 430 g/mol. The third-order valence-corrected chi connectivity index (χ3v) is 5.11. The van der Waals surface area contributed by atoms with E-state index in [0.717, 1.165) is 11.1 Å². The second kappa shape index (κ2) is 12.4. The summed E-state index contributed by atoms with van der Waals surface area (Å²) in [5.74, 6) is -0.959. The molecule has 2 aromatic carbocycles. The third kappa shape index (κ3) is 8.18. The number of hydrogen-bond acceptors (Lipinski definition) is 4. The van der Waals surface area contributed by atoms with Gasteiger partial charge in [0.15, 0.2) is 0 Å². The van der Waals surface area contributed by atoms with Crippen LogP contribution >= 0.6 is 0 Å². The van der Waals surface area contributed by atoms with Crippen LogP contribution in [0.5, 0.6) is 0 Å². The molecular weight excluding hydrogens is 403 g/mol. The molecule has 0 saturated heterocycles. The lowest BCUT2D eigenvalue weighted by molar-refractivity contribution is -0.125. The van der Waals surface area contributed by atoms with E-state index in [0.29, 0.717) is 32.2 Å². The minimum atomic E-state index is -0.734. The normalized spacial score (nSPS) is 19.6. The molecule has 166 valence electrons. The molecule has 0 bridgehead atoms. The van der Waals surface area contributed by atoms with Gasteiger partial charge in [-0.25, -0.2) is 4.39 Å². The highest BCUT2D eigenvalue weighted by Crippen LogP contribution is 2.26. The highest BCUT2D eigenvalue weighted by molar-refractivity contribution is 5.80. The Balaban J connectivity index is 0.00000107. The maximum atomic E-state index is 12.9. The van der Waals surface area contributed by atoms with E-state index in [1.165, 1.54) is 12.1 Å².